The second kappa shape index (κ2) is 9.16. The number of alkyl halides is 1. The molecule has 1 aliphatic rings. The van der Waals surface area contributed by atoms with Gasteiger partial charge in [0.2, 0.25) is 0 Å². The Bertz CT molecular complexity index is 388. The highest BCUT2D eigenvalue weighted by Gasteiger charge is 2.24. The van der Waals surface area contributed by atoms with Gasteiger partial charge in [0.25, 0.3) is 0 Å². The number of nitrogens with zero attached hydrogens (tertiary/aromatic N) is 2. The second-order valence-electron chi connectivity index (χ2n) is 3.97. The van der Waals surface area contributed by atoms with E-state index in [4.69, 9.17) is 23.2 Å². The molecule has 1 aromatic rings. The zero-order chi connectivity index (χ0) is 12.3. The van der Waals surface area contributed by atoms with Crippen LogP contribution in [-0.2, 0) is 0 Å². The van der Waals surface area contributed by atoms with Crippen molar-refractivity contribution in [1.29, 1.82) is 0 Å². The molecule has 0 saturated carbocycles. The van der Waals surface area contributed by atoms with Gasteiger partial charge in [-0.15, -0.1) is 24.8 Å². The Kier molecular flexibility index (Phi) is 9.24. The number of rotatable bonds is 3. The SMILES string of the molecule is Cl.Cl.FC[C@@H](c1ccc(Cl)nc1Cl)N1CCNCC1. The summed E-state index contributed by atoms with van der Waals surface area (Å²) in [6, 6.07) is 3.08. The Morgan fingerprint density at radius 2 is 1.89 bits per heavy atom. The average Bonchev–Trinajstić information content (AvgIpc) is 2.34. The van der Waals surface area contributed by atoms with Gasteiger partial charge in [-0.1, -0.05) is 29.3 Å². The zero-order valence-corrected chi connectivity index (χ0v) is 13.3. The first-order valence-electron chi connectivity index (χ1n) is 5.55. The van der Waals surface area contributed by atoms with Crippen LogP contribution in [0.15, 0.2) is 12.1 Å². The molecule has 0 aromatic carbocycles. The fourth-order valence-electron chi connectivity index (χ4n) is 2.04. The van der Waals surface area contributed by atoms with Crippen molar-refractivity contribution >= 4 is 48.0 Å². The minimum absolute atomic E-state index is 0. The maximum atomic E-state index is 13.2. The molecule has 1 N–H and O–H groups in total. The first kappa shape index (κ1) is 19.2. The number of halogens is 5. The van der Waals surface area contributed by atoms with Gasteiger partial charge in [-0.3, -0.25) is 4.90 Å². The summed E-state index contributed by atoms with van der Waals surface area (Å²) in [6.07, 6.45) is 0. The molecule has 1 aliphatic heterocycles. The normalized spacial score (nSPS) is 17.2. The smallest absolute Gasteiger partial charge is 0.135 e. The summed E-state index contributed by atoms with van der Waals surface area (Å²) in [6.45, 7) is 2.90. The van der Waals surface area contributed by atoms with Gasteiger partial charge in [-0.2, -0.15) is 0 Å². The van der Waals surface area contributed by atoms with Crippen LogP contribution in [0.3, 0.4) is 0 Å². The summed E-state index contributed by atoms with van der Waals surface area (Å²) >= 11 is 11.8. The lowest BCUT2D eigenvalue weighted by Gasteiger charge is -2.33. The molecule has 19 heavy (non-hydrogen) atoms. The molecular formula is C11H16Cl4FN3. The topological polar surface area (TPSA) is 28.2 Å². The molecule has 2 rings (SSSR count). The summed E-state index contributed by atoms with van der Waals surface area (Å²) < 4.78 is 13.2. The third-order valence-electron chi connectivity index (χ3n) is 2.94. The van der Waals surface area contributed by atoms with E-state index in [0.29, 0.717) is 15.9 Å². The fourth-order valence-corrected chi connectivity index (χ4v) is 2.51. The largest absolute Gasteiger partial charge is 0.314 e. The molecule has 1 fully saturated rings. The van der Waals surface area contributed by atoms with Gasteiger partial charge in [-0.05, 0) is 6.07 Å². The van der Waals surface area contributed by atoms with E-state index in [1.165, 1.54) is 0 Å². The number of nitrogens with one attached hydrogen (secondary N) is 1. The van der Waals surface area contributed by atoms with Crippen molar-refractivity contribution in [3.05, 3.63) is 28.0 Å². The van der Waals surface area contributed by atoms with Crippen molar-refractivity contribution in [1.82, 2.24) is 15.2 Å². The number of hydrogen-bond acceptors (Lipinski definition) is 3. The van der Waals surface area contributed by atoms with Crippen LogP contribution in [0.5, 0.6) is 0 Å². The van der Waals surface area contributed by atoms with E-state index in [-0.39, 0.29) is 30.9 Å². The summed E-state index contributed by atoms with van der Waals surface area (Å²) in [4.78, 5) is 6.04. The molecule has 1 atom stereocenters. The number of pyridine rings is 1. The van der Waals surface area contributed by atoms with E-state index in [2.05, 4.69) is 15.2 Å². The molecule has 0 amide bonds. The van der Waals surface area contributed by atoms with Crippen molar-refractivity contribution in [2.45, 2.75) is 6.04 Å². The van der Waals surface area contributed by atoms with Gasteiger partial charge in [0, 0.05) is 31.7 Å². The second-order valence-corrected chi connectivity index (χ2v) is 4.72. The molecule has 0 radical (unpaired) electrons. The van der Waals surface area contributed by atoms with E-state index in [9.17, 15) is 4.39 Å². The van der Waals surface area contributed by atoms with Crippen molar-refractivity contribution in [3.63, 3.8) is 0 Å². The van der Waals surface area contributed by atoms with Gasteiger partial charge >= 0.3 is 0 Å². The third kappa shape index (κ3) is 4.88. The maximum Gasteiger partial charge on any atom is 0.135 e. The van der Waals surface area contributed by atoms with E-state index < -0.39 is 6.67 Å². The number of piperazine rings is 1. The summed E-state index contributed by atoms with van der Waals surface area (Å²) in [5.74, 6) is 0. The van der Waals surface area contributed by atoms with E-state index in [1.807, 2.05) is 0 Å². The lowest BCUT2D eigenvalue weighted by molar-refractivity contribution is 0.147. The molecular weight excluding hydrogens is 335 g/mol. The predicted octanol–water partition coefficient (Wildman–Crippen LogP) is 3.15. The van der Waals surface area contributed by atoms with Crippen LogP contribution in [-0.4, -0.2) is 42.7 Å². The minimum Gasteiger partial charge on any atom is -0.314 e. The zero-order valence-electron chi connectivity index (χ0n) is 10.1. The number of hydrogen-bond donors (Lipinski definition) is 1. The van der Waals surface area contributed by atoms with Crippen molar-refractivity contribution < 1.29 is 4.39 Å². The standard InChI is InChI=1S/C11H14Cl2FN3.2ClH/c12-10-2-1-8(11(13)16-10)9(7-14)17-5-3-15-4-6-17;;/h1-2,9,15H,3-7H2;2*1H/t9-;;/m0../s1. The van der Waals surface area contributed by atoms with Crippen LogP contribution in [0.1, 0.15) is 11.6 Å². The maximum absolute atomic E-state index is 13.2. The van der Waals surface area contributed by atoms with Crippen LogP contribution >= 0.6 is 48.0 Å². The van der Waals surface area contributed by atoms with Crippen molar-refractivity contribution in [2.75, 3.05) is 32.9 Å². The minimum atomic E-state index is -0.469. The highest BCUT2D eigenvalue weighted by atomic mass is 35.5. The monoisotopic (exact) mass is 349 g/mol. The van der Waals surface area contributed by atoms with Gasteiger partial charge in [0.1, 0.15) is 17.0 Å². The van der Waals surface area contributed by atoms with Crippen LogP contribution in [0, 0.1) is 0 Å². The highest BCUT2D eigenvalue weighted by Crippen LogP contribution is 2.28. The Labute approximate surface area is 134 Å². The molecule has 1 saturated heterocycles. The fraction of sp³-hybridized carbons (Fsp3) is 0.545. The van der Waals surface area contributed by atoms with Crippen molar-refractivity contribution in [2.24, 2.45) is 0 Å². The average molecular weight is 351 g/mol. The van der Waals surface area contributed by atoms with Gasteiger partial charge in [0.05, 0.1) is 6.04 Å². The Morgan fingerprint density at radius 3 is 2.42 bits per heavy atom. The lowest BCUT2D eigenvalue weighted by Crippen LogP contribution is -2.45. The summed E-state index contributed by atoms with van der Waals surface area (Å²) in [5, 5.41) is 3.86. The van der Waals surface area contributed by atoms with Crippen LogP contribution in [0.4, 0.5) is 4.39 Å². The molecule has 3 nitrogen and oxygen atoms in total. The Morgan fingerprint density at radius 1 is 1.26 bits per heavy atom. The molecule has 0 aliphatic carbocycles. The van der Waals surface area contributed by atoms with Crippen LogP contribution in [0.2, 0.25) is 10.3 Å². The van der Waals surface area contributed by atoms with Crippen LogP contribution < -0.4 is 5.32 Å². The Hall–Kier alpha value is 0.160. The summed E-state index contributed by atoms with van der Waals surface area (Å²) in [7, 11) is 0. The van der Waals surface area contributed by atoms with E-state index >= 15 is 0 Å². The first-order chi connectivity index (χ1) is 8.22. The quantitative estimate of drug-likeness (QED) is 0.849. The molecule has 1 aromatic heterocycles. The molecule has 0 unspecified atom stereocenters. The number of aromatic nitrogens is 1. The van der Waals surface area contributed by atoms with E-state index in [1.54, 1.807) is 12.1 Å². The van der Waals surface area contributed by atoms with Gasteiger partial charge in [0.15, 0.2) is 0 Å². The summed E-state index contributed by atoms with van der Waals surface area (Å²) in [5.41, 5.74) is 0.709. The van der Waals surface area contributed by atoms with Crippen molar-refractivity contribution in [3.8, 4) is 0 Å². The van der Waals surface area contributed by atoms with Crippen LogP contribution in [0.25, 0.3) is 0 Å². The molecule has 110 valence electrons. The predicted molar refractivity (Wildman–Crippen MR) is 81.9 cm³/mol. The third-order valence-corrected chi connectivity index (χ3v) is 3.45. The molecule has 0 bridgehead atoms. The van der Waals surface area contributed by atoms with Gasteiger partial charge < -0.3 is 5.32 Å². The van der Waals surface area contributed by atoms with E-state index in [0.717, 1.165) is 26.2 Å². The molecule has 0 spiro atoms. The lowest BCUT2D eigenvalue weighted by atomic mass is 10.1. The highest BCUT2D eigenvalue weighted by molar-refractivity contribution is 6.32. The molecule has 2 heterocycles. The Balaban J connectivity index is 0.00000162. The van der Waals surface area contributed by atoms with Gasteiger partial charge in [-0.25, -0.2) is 9.37 Å². The molecule has 8 heteroatoms. The first-order valence-corrected chi connectivity index (χ1v) is 6.30.